The number of hydrogen-bond donors (Lipinski definition) is 2. The number of aliphatic hydroxyl groups excluding tert-OH is 1. The lowest BCUT2D eigenvalue weighted by atomic mass is 10.2. The second-order valence-corrected chi connectivity index (χ2v) is 4.47. The van der Waals surface area contributed by atoms with Gasteiger partial charge in [-0.05, 0) is 18.9 Å². The Labute approximate surface area is 103 Å². The maximum Gasteiger partial charge on any atom is 0.249 e. The number of nitrogens with zero attached hydrogens (tertiary/aromatic N) is 3. The van der Waals surface area contributed by atoms with Gasteiger partial charge in [0, 0.05) is 24.2 Å². The number of aromatic nitrogens is 3. The van der Waals surface area contributed by atoms with Crippen molar-refractivity contribution in [2.75, 3.05) is 18.1 Å². The molecule has 6 heteroatoms. The van der Waals surface area contributed by atoms with E-state index in [1.54, 1.807) is 12.3 Å². The Morgan fingerprint density at radius 1 is 1.50 bits per heavy atom. The smallest absolute Gasteiger partial charge is 0.249 e. The van der Waals surface area contributed by atoms with Crippen molar-refractivity contribution in [1.82, 2.24) is 15.0 Å². The average molecular weight is 246 g/mol. The molecule has 18 heavy (non-hydrogen) atoms. The van der Waals surface area contributed by atoms with Gasteiger partial charge in [0.25, 0.3) is 0 Å². The fraction of sp³-hybridized carbons (Fsp3) is 0.417. The van der Waals surface area contributed by atoms with Gasteiger partial charge in [0.1, 0.15) is 5.65 Å². The molecule has 94 valence electrons. The van der Waals surface area contributed by atoms with Gasteiger partial charge < -0.3 is 15.0 Å². The van der Waals surface area contributed by atoms with Crippen LogP contribution in [-0.2, 0) is 0 Å². The van der Waals surface area contributed by atoms with E-state index in [0.717, 1.165) is 24.8 Å². The maximum absolute atomic E-state index is 11.3. The standard InChI is InChI=1S/C12H14N4O2/c17-7-9-2-1-5-16(9)12-13-6-8-3-4-10(18)14-11(8)15-12/h3-4,6,9,17H,1-2,5,7H2,(H,13,14,15,18). The molecule has 2 aromatic rings. The van der Waals surface area contributed by atoms with Gasteiger partial charge in [-0.15, -0.1) is 0 Å². The molecule has 0 radical (unpaired) electrons. The van der Waals surface area contributed by atoms with Crippen LogP contribution >= 0.6 is 0 Å². The number of pyridine rings is 1. The predicted molar refractivity (Wildman–Crippen MR) is 67.6 cm³/mol. The average Bonchev–Trinajstić information content (AvgIpc) is 2.86. The largest absolute Gasteiger partial charge is 0.394 e. The van der Waals surface area contributed by atoms with Crippen molar-refractivity contribution in [1.29, 1.82) is 0 Å². The van der Waals surface area contributed by atoms with E-state index in [9.17, 15) is 9.90 Å². The molecule has 0 aliphatic carbocycles. The lowest BCUT2D eigenvalue weighted by Gasteiger charge is -2.22. The summed E-state index contributed by atoms with van der Waals surface area (Å²) in [4.78, 5) is 24.6. The molecule has 1 saturated heterocycles. The van der Waals surface area contributed by atoms with E-state index in [1.165, 1.54) is 6.07 Å². The van der Waals surface area contributed by atoms with Gasteiger partial charge in [-0.3, -0.25) is 4.79 Å². The molecular weight excluding hydrogens is 232 g/mol. The third kappa shape index (κ3) is 1.84. The second kappa shape index (κ2) is 4.38. The zero-order chi connectivity index (χ0) is 12.5. The molecule has 0 amide bonds. The number of rotatable bonds is 2. The maximum atomic E-state index is 11.3. The van der Waals surface area contributed by atoms with Gasteiger partial charge in [0.05, 0.1) is 12.6 Å². The van der Waals surface area contributed by atoms with Crippen LogP contribution in [0.1, 0.15) is 12.8 Å². The van der Waals surface area contributed by atoms with Crippen LogP contribution in [0.5, 0.6) is 0 Å². The molecule has 6 nitrogen and oxygen atoms in total. The first-order valence-electron chi connectivity index (χ1n) is 6.01. The molecule has 1 atom stereocenters. The summed E-state index contributed by atoms with van der Waals surface area (Å²) < 4.78 is 0. The van der Waals surface area contributed by atoms with Crippen LogP contribution in [0.25, 0.3) is 11.0 Å². The molecule has 2 aromatic heterocycles. The van der Waals surface area contributed by atoms with Gasteiger partial charge in [-0.25, -0.2) is 4.98 Å². The SMILES string of the molecule is O=c1ccc2cnc(N3CCCC3CO)nc2[nH]1. The Morgan fingerprint density at radius 2 is 2.39 bits per heavy atom. The monoisotopic (exact) mass is 246 g/mol. The van der Waals surface area contributed by atoms with Crippen LogP contribution < -0.4 is 10.5 Å². The molecular formula is C12H14N4O2. The van der Waals surface area contributed by atoms with Crippen molar-refractivity contribution < 1.29 is 5.11 Å². The number of aliphatic hydroxyl groups is 1. The third-order valence-electron chi connectivity index (χ3n) is 3.30. The zero-order valence-electron chi connectivity index (χ0n) is 9.83. The van der Waals surface area contributed by atoms with E-state index in [1.807, 2.05) is 4.90 Å². The minimum atomic E-state index is -0.174. The molecule has 1 aliphatic rings. The van der Waals surface area contributed by atoms with Crippen molar-refractivity contribution >= 4 is 17.0 Å². The summed E-state index contributed by atoms with van der Waals surface area (Å²) in [5.74, 6) is 0.570. The second-order valence-electron chi connectivity index (χ2n) is 4.47. The Balaban J connectivity index is 2.04. The number of hydrogen-bond acceptors (Lipinski definition) is 5. The molecule has 0 bridgehead atoms. The summed E-state index contributed by atoms with van der Waals surface area (Å²) in [6.07, 6.45) is 3.67. The Kier molecular flexibility index (Phi) is 2.71. The molecule has 3 rings (SSSR count). The molecule has 1 unspecified atom stereocenters. The molecule has 0 aromatic carbocycles. The van der Waals surface area contributed by atoms with Crippen molar-refractivity contribution in [3.63, 3.8) is 0 Å². The highest BCUT2D eigenvalue weighted by atomic mass is 16.3. The van der Waals surface area contributed by atoms with Gasteiger partial charge in [-0.2, -0.15) is 4.98 Å². The summed E-state index contributed by atoms with van der Waals surface area (Å²) in [5, 5.41) is 10.1. The summed E-state index contributed by atoms with van der Waals surface area (Å²) in [7, 11) is 0. The summed E-state index contributed by atoms with van der Waals surface area (Å²) in [6.45, 7) is 0.945. The van der Waals surface area contributed by atoms with Crippen LogP contribution in [0.3, 0.4) is 0 Å². The molecule has 2 N–H and O–H groups in total. The van der Waals surface area contributed by atoms with E-state index in [0.29, 0.717) is 11.6 Å². The molecule has 0 saturated carbocycles. The van der Waals surface area contributed by atoms with E-state index in [-0.39, 0.29) is 18.2 Å². The molecule has 3 heterocycles. The highest BCUT2D eigenvalue weighted by molar-refractivity contribution is 5.74. The first-order valence-corrected chi connectivity index (χ1v) is 6.01. The zero-order valence-corrected chi connectivity index (χ0v) is 9.83. The van der Waals surface area contributed by atoms with Crippen LogP contribution in [0.2, 0.25) is 0 Å². The van der Waals surface area contributed by atoms with Crippen molar-refractivity contribution in [2.45, 2.75) is 18.9 Å². The normalized spacial score (nSPS) is 19.6. The van der Waals surface area contributed by atoms with Crippen LogP contribution in [0.4, 0.5) is 5.95 Å². The summed E-state index contributed by atoms with van der Waals surface area (Å²) in [5.41, 5.74) is 0.364. The molecule has 1 fully saturated rings. The molecule has 0 spiro atoms. The molecule has 1 aliphatic heterocycles. The Bertz CT molecular complexity index is 625. The third-order valence-corrected chi connectivity index (χ3v) is 3.30. The van der Waals surface area contributed by atoms with Gasteiger partial charge in [-0.1, -0.05) is 0 Å². The predicted octanol–water partition coefficient (Wildman–Crippen LogP) is 0.279. The topological polar surface area (TPSA) is 82.1 Å². The number of anilines is 1. The van der Waals surface area contributed by atoms with Crippen LogP contribution in [0, 0.1) is 0 Å². The van der Waals surface area contributed by atoms with E-state index in [4.69, 9.17) is 0 Å². The summed E-state index contributed by atoms with van der Waals surface area (Å²) in [6, 6.07) is 3.24. The number of H-pyrrole nitrogens is 1. The number of fused-ring (bicyclic) bond motifs is 1. The lowest BCUT2D eigenvalue weighted by molar-refractivity contribution is 0.265. The highest BCUT2D eigenvalue weighted by Crippen LogP contribution is 2.22. The van der Waals surface area contributed by atoms with Gasteiger partial charge in [0.2, 0.25) is 11.5 Å². The van der Waals surface area contributed by atoms with E-state index < -0.39 is 0 Å². The number of nitrogens with one attached hydrogen (secondary N) is 1. The quantitative estimate of drug-likeness (QED) is 0.795. The minimum absolute atomic E-state index is 0.0814. The Morgan fingerprint density at radius 3 is 3.22 bits per heavy atom. The highest BCUT2D eigenvalue weighted by Gasteiger charge is 2.25. The van der Waals surface area contributed by atoms with Gasteiger partial charge in [0.15, 0.2) is 0 Å². The minimum Gasteiger partial charge on any atom is -0.394 e. The van der Waals surface area contributed by atoms with E-state index >= 15 is 0 Å². The van der Waals surface area contributed by atoms with Crippen LogP contribution in [-0.4, -0.2) is 39.3 Å². The summed E-state index contributed by atoms with van der Waals surface area (Å²) >= 11 is 0. The van der Waals surface area contributed by atoms with E-state index in [2.05, 4.69) is 15.0 Å². The van der Waals surface area contributed by atoms with Crippen molar-refractivity contribution in [3.8, 4) is 0 Å². The fourth-order valence-corrected chi connectivity index (χ4v) is 2.35. The first-order chi connectivity index (χ1) is 8.78. The van der Waals surface area contributed by atoms with Crippen LogP contribution in [0.15, 0.2) is 23.1 Å². The number of aromatic amines is 1. The lowest BCUT2D eigenvalue weighted by Crippen LogP contribution is -2.33. The Hall–Kier alpha value is -1.95. The van der Waals surface area contributed by atoms with Crippen molar-refractivity contribution in [2.24, 2.45) is 0 Å². The first kappa shape index (κ1) is 11.2. The van der Waals surface area contributed by atoms with Gasteiger partial charge >= 0.3 is 0 Å². The van der Waals surface area contributed by atoms with Crippen molar-refractivity contribution in [3.05, 3.63) is 28.7 Å². The fourth-order valence-electron chi connectivity index (χ4n) is 2.35.